The maximum atomic E-state index is 6.32. The molecule has 0 radical (unpaired) electrons. The summed E-state index contributed by atoms with van der Waals surface area (Å²) in [5.41, 5.74) is 11.8. The third-order valence-electron chi connectivity index (χ3n) is 4.79. The van der Waals surface area contributed by atoms with E-state index in [1.165, 1.54) is 22.4 Å². The van der Waals surface area contributed by atoms with Crippen LogP contribution in [-0.2, 0) is 6.42 Å². The molecule has 3 rings (SSSR count). The monoisotopic (exact) mass is 294 g/mol. The van der Waals surface area contributed by atoms with Crippen molar-refractivity contribution in [2.75, 3.05) is 18.0 Å². The van der Waals surface area contributed by atoms with E-state index in [0.29, 0.717) is 5.92 Å². The second kappa shape index (κ2) is 6.53. The smallest absolute Gasteiger partial charge is 0.0366 e. The van der Waals surface area contributed by atoms with E-state index in [0.717, 1.165) is 25.9 Å². The van der Waals surface area contributed by atoms with E-state index in [4.69, 9.17) is 5.73 Å². The molecular weight excluding hydrogens is 268 g/mol. The minimum absolute atomic E-state index is 0.269. The first-order valence-electron chi connectivity index (χ1n) is 8.23. The number of anilines is 1. The molecule has 22 heavy (non-hydrogen) atoms. The van der Waals surface area contributed by atoms with E-state index < -0.39 is 0 Å². The van der Waals surface area contributed by atoms with Crippen molar-refractivity contribution in [3.63, 3.8) is 0 Å². The Balaban J connectivity index is 1.72. The number of nitrogens with two attached hydrogens (primary N) is 1. The highest BCUT2D eigenvalue weighted by atomic mass is 15.2. The summed E-state index contributed by atoms with van der Waals surface area (Å²) in [6, 6.07) is 17.8. The van der Waals surface area contributed by atoms with Gasteiger partial charge in [0, 0.05) is 24.8 Å². The Labute approximate surface area is 134 Å². The summed E-state index contributed by atoms with van der Waals surface area (Å²) >= 11 is 0. The molecule has 0 amide bonds. The molecule has 0 spiro atoms. The molecule has 0 saturated carbocycles. The maximum Gasteiger partial charge on any atom is 0.0366 e. The molecule has 1 fully saturated rings. The van der Waals surface area contributed by atoms with Gasteiger partial charge in [0.05, 0.1) is 0 Å². The summed E-state index contributed by atoms with van der Waals surface area (Å²) in [4.78, 5) is 2.44. The Kier molecular flexibility index (Phi) is 4.49. The molecule has 0 aromatic heterocycles. The van der Waals surface area contributed by atoms with E-state index in [1.807, 2.05) is 0 Å². The molecule has 2 atom stereocenters. The van der Waals surface area contributed by atoms with Crippen LogP contribution in [0.25, 0.3) is 0 Å². The molecule has 2 nitrogen and oxygen atoms in total. The minimum atomic E-state index is 0.269. The quantitative estimate of drug-likeness (QED) is 0.935. The van der Waals surface area contributed by atoms with Gasteiger partial charge < -0.3 is 10.6 Å². The molecule has 2 unspecified atom stereocenters. The third-order valence-corrected chi connectivity index (χ3v) is 4.79. The van der Waals surface area contributed by atoms with Crippen molar-refractivity contribution in [2.45, 2.75) is 32.7 Å². The minimum Gasteiger partial charge on any atom is -0.370 e. The summed E-state index contributed by atoms with van der Waals surface area (Å²) in [5.74, 6) is 0.631. The second-order valence-corrected chi connectivity index (χ2v) is 6.73. The molecule has 1 aliphatic rings. The fourth-order valence-electron chi connectivity index (χ4n) is 3.51. The summed E-state index contributed by atoms with van der Waals surface area (Å²) in [6.45, 7) is 6.44. The second-order valence-electron chi connectivity index (χ2n) is 6.73. The van der Waals surface area contributed by atoms with Crippen LogP contribution < -0.4 is 10.6 Å². The fraction of sp³-hybridized carbons (Fsp3) is 0.400. The van der Waals surface area contributed by atoms with Gasteiger partial charge >= 0.3 is 0 Å². The molecule has 1 aliphatic heterocycles. The van der Waals surface area contributed by atoms with Gasteiger partial charge in [-0.15, -0.1) is 0 Å². The van der Waals surface area contributed by atoms with Gasteiger partial charge in [0.25, 0.3) is 0 Å². The Hall–Kier alpha value is -1.80. The number of hydrogen-bond donors (Lipinski definition) is 1. The topological polar surface area (TPSA) is 29.3 Å². The zero-order chi connectivity index (χ0) is 15.5. The lowest BCUT2D eigenvalue weighted by Crippen LogP contribution is -2.47. The molecule has 2 heteroatoms. The van der Waals surface area contributed by atoms with E-state index in [2.05, 4.69) is 67.3 Å². The predicted octanol–water partition coefficient (Wildman–Crippen LogP) is 3.70. The first-order valence-corrected chi connectivity index (χ1v) is 8.23. The summed E-state index contributed by atoms with van der Waals surface area (Å²) in [7, 11) is 0. The van der Waals surface area contributed by atoms with Gasteiger partial charge in [-0.05, 0) is 61.4 Å². The van der Waals surface area contributed by atoms with Crippen LogP contribution in [0, 0.1) is 19.8 Å². The number of nitrogens with zero attached hydrogens (tertiary/aromatic N) is 1. The van der Waals surface area contributed by atoms with Crippen LogP contribution in [0.1, 0.15) is 23.1 Å². The van der Waals surface area contributed by atoms with Gasteiger partial charge in [0.2, 0.25) is 0 Å². The maximum absolute atomic E-state index is 6.32. The van der Waals surface area contributed by atoms with Crippen LogP contribution in [0.3, 0.4) is 0 Å². The zero-order valence-electron chi connectivity index (χ0n) is 13.6. The van der Waals surface area contributed by atoms with Crippen LogP contribution >= 0.6 is 0 Å². The SMILES string of the molecule is Cc1ccc(CC2CC(N)CN(c3ccccc3)C2)cc1C. The Morgan fingerprint density at radius 1 is 1.00 bits per heavy atom. The summed E-state index contributed by atoms with van der Waals surface area (Å²) < 4.78 is 0. The van der Waals surface area contributed by atoms with Gasteiger partial charge in [-0.1, -0.05) is 36.4 Å². The van der Waals surface area contributed by atoms with Crippen LogP contribution in [0.15, 0.2) is 48.5 Å². The molecule has 116 valence electrons. The average Bonchev–Trinajstić information content (AvgIpc) is 2.51. The zero-order valence-corrected chi connectivity index (χ0v) is 13.6. The van der Waals surface area contributed by atoms with Crippen molar-refractivity contribution >= 4 is 5.69 Å². The molecule has 0 bridgehead atoms. The van der Waals surface area contributed by atoms with Gasteiger partial charge in [0.15, 0.2) is 0 Å². The predicted molar refractivity (Wildman–Crippen MR) is 94.4 cm³/mol. The van der Waals surface area contributed by atoms with Crippen molar-refractivity contribution in [1.29, 1.82) is 0 Å². The fourth-order valence-corrected chi connectivity index (χ4v) is 3.51. The van der Waals surface area contributed by atoms with E-state index in [9.17, 15) is 0 Å². The van der Waals surface area contributed by atoms with Crippen LogP contribution in [0.2, 0.25) is 0 Å². The molecule has 1 saturated heterocycles. The first-order chi connectivity index (χ1) is 10.6. The van der Waals surface area contributed by atoms with E-state index in [1.54, 1.807) is 0 Å². The lowest BCUT2D eigenvalue weighted by atomic mass is 9.88. The molecule has 2 aromatic carbocycles. The number of benzene rings is 2. The number of piperidine rings is 1. The number of rotatable bonds is 3. The first kappa shape index (κ1) is 15.1. The highest BCUT2D eigenvalue weighted by Crippen LogP contribution is 2.25. The molecular formula is C20H26N2. The highest BCUT2D eigenvalue weighted by Gasteiger charge is 2.25. The third kappa shape index (κ3) is 3.50. The Bertz CT molecular complexity index is 621. The van der Waals surface area contributed by atoms with E-state index >= 15 is 0 Å². The lowest BCUT2D eigenvalue weighted by molar-refractivity contribution is 0.374. The number of aryl methyl sites for hydroxylation is 2. The lowest BCUT2D eigenvalue weighted by Gasteiger charge is -2.38. The van der Waals surface area contributed by atoms with Gasteiger partial charge in [-0.3, -0.25) is 0 Å². The van der Waals surface area contributed by atoms with Crippen LogP contribution in [-0.4, -0.2) is 19.1 Å². The van der Waals surface area contributed by atoms with Crippen molar-refractivity contribution in [2.24, 2.45) is 11.7 Å². The number of hydrogen-bond acceptors (Lipinski definition) is 2. The molecule has 1 heterocycles. The van der Waals surface area contributed by atoms with Gasteiger partial charge in [-0.25, -0.2) is 0 Å². The molecule has 0 aliphatic carbocycles. The van der Waals surface area contributed by atoms with Crippen molar-refractivity contribution in [3.8, 4) is 0 Å². The summed E-state index contributed by atoms with van der Waals surface area (Å²) in [5, 5.41) is 0. The van der Waals surface area contributed by atoms with Gasteiger partial charge in [-0.2, -0.15) is 0 Å². The van der Waals surface area contributed by atoms with Crippen molar-refractivity contribution in [1.82, 2.24) is 0 Å². The molecule has 2 aromatic rings. The van der Waals surface area contributed by atoms with Crippen molar-refractivity contribution in [3.05, 3.63) is 65.2 Å². The van der Waals surface area contributed by atoms with Crippen LogP contribution in [0.5, 0.6) is 0 Å². The Morgan fingerprint density at radius 3 is 2.50 bits per heavy atom. The van der Waals surface area contributed by atoms with Crippen molar-refractivity contribution < 1.29 is 0 Å². The number of para-hydroxylation sites is 1. The van der Waals surface area contributed by atoms with E-state index in [-0.39, 0.29) is 6.04 Å². The normalized spacial score (nSPS) is 21.9. The highest BCUT2D eigenvalue weighted by molar-refractivity contribution is 5.46. The van der Waals surface area contributed by atoms with Gasteiger partial charge in [0.1, 0.15) is 0 Å². The largest absolute Gasteiger partial charge is 0.370 e. The van der Waals surface area contributed by atoms with Crippen LogP contribution in [0.4, 0.5) is 5.69 Å². The summed E-state index contributed by atoms with van der Waals surface area (Å²) in [6.07, 6.45) is 2.24. The average molecular weight is 294 g/mol. The Morgan fingerprint density at radius 2 is 1.77 bits per heavy atom. The standard InChI is InChI=1S/C20H26N2/c1-15-8-9-17(10-16(15)2)11-18-12-19(21)14-22(13-18)20-6-4-3-5-7-20/h3-10,18-19H,11-14,21H2,1-2H3. The molecule has 2 N–H and O–H groups in total.